The number of hydrogen-bond acceptors (Lipinski definition) is 4. The summed E-state index contributed by atoms with van der Waals surface area (Å²) in [7, 11) is 0. The molecule has 3 aliphatic heterocycles. The number of carbonyl (C=O) groups is 1. The number of benzene rings is 3. The van der Waals surface area contributed by atoms with Gasteiger partial charge in [0, 0.05) is 35.8 Å². The number of anilines is 1. The predicted molar refractivity (Wildman–Crippen MR) is 150 cm³/mol. The van der Waals surface area contributed by atoms with Gasteiger partial charge in [0.05, 0.1) is 6.54 Å². The van der Waals surface area contributed by atoms with Crippen molar-refractivity contribution in [1.82, 2.24) is 14.8 Å². The Labute approximate surface area is 223 Å². The monoisotopic (exact) mass is 504 g/mol. The zero-order valence-electron chi connectivity index (χ0n) is 21.9. The molecule has 1 aromatic heterocycles. The second-order valence-corrected chi connectivity index (χ2v) is 10.7. The third kappa shape index (κ3) is 3.74. The highest BCUT2D eigenvalue weighted by Crippen LogP contribution is 2.49. The first-order valence-corrected chi connectivity index (χ1v) is 13.5. The summed E-state index contributed by atoms with van der Waals surface area (Å²) in [6.07, 6.45) is 4.56. The number of aryl methyl sites for hydroxylation is 3. The lowest BCUT2D eigenvalue weighted by molar-refractivity contribution is -0.145. The van der Waals surface area contributed by atoms with Gasteiger partial charge in [-0.3, -0.25) is 4.79 Å². The van der Waals surface area contributed by atoms with Crippen LogP contribution in [0.5, 0.6) is 5.75 Å². The van der Waals surface area contributed by atoms with E-state index < -0.39 is 0 Å². The highest BCUT2D eigenvalue weighted by atomic mass is 16.5. The molecule has 0 spiro atoms. The molecule has 192 valence electrons. The standard InChI is InChI=1S/C32H32N4O2/c1-21-15-22(2)17-24(16-21)35-30-20-34(14-8-11-23-9-4-3-5-10-23)32(37)27-18-28(31(35)36(27)30)38-29-19-33-26-13-7-6-12-25(26)29/h3-7,9-10,12-13,15-17,19,27,30,33H,8,11,14,18,20H2,1-2H3/t27-,30+/m0/s1. The van der Waals surface area contributed by atoms with Gasteiger partial charge >= 0.3 is 0 Å². The summed E-state index contributed by atoms with van der Waals surface area (Å²) in [5.74, 6) is 2.92. The Hall–Kier alpha value is -4.19. The molecule has 0 saturated carbocycles. The molecule has 3 aromatic carbocycles. The van der Waals surface area contributed by atoms with Crippen molar-refractivity contribution in [3.8, 4) is 5.75 Å². The van der Waals surface area contributed by atoms with E-state index in [1.54, 1.807) is 0 Å². The zero-order chi connectivity index (χ0) is 25.8. The molecule has 1 amide bonds. The van der Waals surface area contributed by atoms with Crippen LogP contribution in [0.4, 0.5) is 5.69 Å². The maximum absolute atomic E-state index is 13.7. The van der Waals surface area contributed by atoms with Crippen molar-refractivity contribution in [2.24, 2.45) is 0 Å². The van der Waals surface area contributed by atoms with Crippen LogP contribution in [0.2, 0.25) is 0 Å². The number of carbonyl (C=O) groups excluding carboxylic acids is 1. The summed E-state index contributed by atoms with van der Waals surface area (Å²) in [6.45, 7) is 5.75. The topological polar surface area (TPSA) is 51.8 Å². The molecule has 2 saturated heterocycles. The first-order valence-electron chi connectivity index (χ1n) is 13.5. The summed E-state index contributed by atoms with van der Waals surface area (Å²) in [4.78, 5) is 23.8. The maximum Gasteiger partial charge on any atom is 0.246 e. The van der Waals surface area contributed by atoms with Crippen LogP contribution >= 0.6 is 0 Å². The fourth-order valence-electron chi connectivity index (χ4n) is 6.40. The van der Waals surface area contributed by atoms with Gasteiger partial charge in [0.15, 0.2) is 11.6 Å². The number of amides is 1. The number of ether oxygens (including phenoxy) is 1. The molecule has 4 aromatic rings. The number of H-pyrrole nitrogens is 1. The predicted octanol–water partition coefficient (Wildman–Crippen LogP) is 5.73. The number of fused-ring (bicyclic) bond motifs is 1. The molecule has 3 aliphatic rings. The van der Waals surface area contributed by atoms with Gasteiger partial charge in [-0.25, -0.2) is 0 Å². The minimum absolute atomic E-state index is 0.120. The zero-order valence-corrected chi connectivity index (χ0v) is 21.9. The molecule has 2 fully saturated rings. The Morgan fingerprint density at radius 3 is 2.55 bits per heavy atom. The molecule has 0 bridgehead atoms. The molecule has 7 rings (SSSR count). The van der Waals surface area contributed by atoms with E-state index in [0.29, 0.717) is 13.0 Å². The van der Waals surface area contributed by atoms with Crippen molar-refractivity contribution in [3.05, 3.63) is 107 Å². The van der Waals surface area contributed by atoms with E-state index in [2.05, 4.69) is 88.1 Å². The molecule has 6 nitrogen and oxygen atoms in total. The summed E-state index contributed by atoms with van der Waals surface area (Å²) >= 11 is 0. The minimum Gasteiger partial charge on any atom is -0.456 e. The van der Waals surface area contributed by atoms with Crippen LogP contribution in [0.25, 0.3) is 10.9 Å². The number of rotatable bonds is 7. The second-order valence-electron chi connectivity index (χ2n) is 10.7. The second kappa shape index (κ2) is 8.98. The first-order chi connectivity index (χ1) is 18.6. The number of para-hydroxylation sites is 1. The van der Waals surface area contributed by atoms with E-state index in [-0.39, 0.29) is 18.1 Å². The highest BCUT2D eigenvalue weighted by Gasteiger charge is 2.58. The molecule has 0 aliphatic carbocycles. The van der Waals surface area contributed by atoms with Crippen molar-refractivity contribution in [2.75, 3.05) is 18.0 Å². The number of nitrogens with one attached hydrogen (secondary N) is 1. The van der Waals surface area contributed by atoms with E-state index >= 15 is 0 Å². The van der Waals surface area contributed by atoms with Gasteiger partial charge in [-0.05, 0) is 67.6 Å². The van der Waals surface area contributed by atoms with Gasteiger partial charge in [-0.1, -0.05) is 48.5 Å². The van der Waals surface area contributed by atoms with Crippen molar-refractivity contribution in [3.63, 3.8) is 0 Å². The van der Waals surface area contributed by atoms with Gasteiger partial charge in [-0.2, -0.15) is 0 Å². The van der Waals surface area contributed by atoms with Crippen LogP contribution < -0.4 is 9.64 Å². The number of hydrogen-bond donors (Lipinski definition) is 1. The smallest absolute Gasteiger partial charge is 0.246 e. The van der Waals surface area contributed by atoms with Crippen molar-refractivity contribution >= 4 is 22.5 Å². The van der Waals surface area contributed by atoms with E-state index in [1.807, 2.05) is 24.4 Å². The quantitative estimate of drug-likeness (QED) is 0.349. The molecule has 38 heavy (non-hydrogen) atoms. The fourth-order valence-corrected chi connectivity index (χ4v) is 6.40. The van der Waals surface area contributed by atoms with Gasteiger partial charge < -0.3 is 24.4 Å². The van der Waals surface area contributed by atoms with Gasteiger partial charge in [0.1, 0.15) is 18.0 Å². The van der Waals surface area contributed by atoms with E-state index in [0.717, 1.165) is 53.3 Å². The normalized spacial score (nSPS) is 20.3. The Kier molecular flexibility index (Phi) is 5.43. The summed E-state index contributed by atoms with van der Waals surface area (Å²) in [5, 5.41) is 1.05. The van der Waals surface area contributed by atoms with Crippen LogP contribution in [0.1, 0.15) is 29.5 Å². The highest BCUT2D eigenvalue weighted by molar-refractivity contribution is 5.88. The van der Waals surface area contributed by atoms with E-state index in [1.165, 1.54) is 16.7 Å². The maximum atomic E-state index is 13.7. The van der Waals surface area contributed by atoms with Gasteiger partial charge in [0.25, 0.3) is 0 Å². The van der Waals surface area contributed by atoms with Crippen LogP contribution in [-0.2, 0) is 11.2 Å². The SMILES string of the molecule is Cc1cc(C)cc(N2C3=C(Oc4c[nH]c5ccccc45)C[C@H]4C(=O)N(CCCc5ccccc5)C[C@H]2N34)c1. The molecule has 0 unspecified atom stereocenters. The lowest BCUT2D eigenvalue weighted by atomic mass is 10.0. The van der Waals surface area contributed by atoms with Gasteiger partial charge in [0.2, 0.25) is 5.91 Å². The van der Waals surface area contributed by atoms with Crippen molar-refractivity contribution in [1.29, 1.82) is 0 Å². The van der Waals surface area contributed by atoms with Crippen LogP contribution in [0.15, 0.2) is 90.6 Å². The average molecular weight is 505 g/mol. The lowest BCUT2D eigenvalue weighted by Gasteiger charge is -2.58. The minimum atomic E-state index is -0.206. The Balaban J connectivity index is 1.20. The van der Waals surface area contributed by atoms with E-state index in [4.69, 9.17) is 4.74 Å². The number of nitrogens with zero attached hydrogens (tertiary/aromatic N) is 3. The third-order valence-corrected chi connectivity index (χ3v) is 8.04. The summed E-state index contributed by atoms with van der Waals surface area (Å²) < 4.78 is 6.60. The Bertz CT molecular complexity index is 1540. The fraction of sp³-hybridized carbons (Fsp3) is 0.281. The Morgan fingerprint density at radius 1 is 0.974 bits per heavy atom. The molecule has 1 N–H and O–H groups in total. The molecule has 2 atom stereocenters. The first kappa shape index (κ1) is 23.0. The molecule has 6 heteroatoms. The summed E-state index contributed by atoms with van der Waals surface area (Å²) in [5.41, 5.74) is 6.00. The van der Waals surface area contributed by atoms with Crippen molar-refractivity contribution < 1.29 is 9.53 Å². The molecular weight excluding hydrogens is 472 g/mol. The lowest BCUT2D eigenvalue weighted by Crippen LogP contribution is -2.73. The van der Waals surface area contributed by atoms with Crippen LogP contribution in [-0.4, -0.2) is 46.0 Å². The third-order valence-electron chi connectivity index (χ3n) is 8.04. The van der Waals surface area contributed by atoms with Gasteiger partial charge in [-0.15, -0.1) is 0 Å². The molecular formula is C32H32N4O2. The molecule has 0 radical (unpaired) electrons. The largest absolute Gasteiger partial charge is 0.456 e. The number of aromatic nitrogens is 1. The Morgan fingerprint density at radius 2 is 1.74 bits per heavy atom. The van der Waals surface area contributed by atoms with Crippen LogP contribution in [0.3, 0.4) is 0 Å². The summed E-state index contributed by atoms with van der Waals surface area (Å²) in [6, 6.07) is 25.2. The average Bonchev–Trinajstić information content (AvgIpc) is 3.46. The van der Waals surface area contributed by atoms with Crippen molar-refractivity contribution in [2.45, 2.75) is 45.3 Å². The number of aromatic amines is 1. The van der Waals surface area contributed by atoms with E-state index in [9.17, 15) is 4.79 Å². The van der Waals surface area contributed by atoms with Crippen LogP contribution in [0, 0.1) is 13.8 Å². The molecule has 4 heterocycles. The number of piperazine rings is 1.